The van der Waals surface area contributed by atoms with Crippen molar-refractivity contribution in [2.45, 2.75) is 5.16 Å². The van der Waals surface area contributed by atoms with Crippen LogP contribution in [0.2, 0.25) is 5.02 Å². The Kier molecular flexibility index (Phi) is 5.55. The van der Waals surface area contributed by atoms with Crippen LogP contribution < -0.4 is 5.32 Å². The summed E-state index contributed by atoms with van der Waals surface area (Å²) < 4.78 is 2.46. The van der Waals surface area contributed by atoms with Crippen LogP contribution in [0, 0.1) is 0 Å². The van der Waals surface area contributed by atoms with Crippen molar-refractivity contribution in [2.75, 3.05) is 11.1 Å². The van der Waals surface area contributed by atoms with Gasteiger partial charge in [0.2, 0.25) is 11.1 Å². The number of carbonyl (C=O) groups is 1. The lowest BCUT2D eigenvalue weighted by atomic mass is 10.3. The van der Waals surface area contributed by atoms with Crippen LogP contribution in [0.1, 0.15) is 0 Å². The summed E-state index contributed by atoms with van der Waals surface area (Å²) in [5, 5.41) is 8.23. The normalized spacial score (nSPS) is 10.6. The zero-order valence-corrected chi connectivity index (χ0v) is 15.5. The number of carbonyl (C=O) groups excluding carboxylic acids is 1. The molecule has 0 spiro atoms. The van der Waals surface area contributed by atoms with Gasteiger partial charge in [-0.3, -0.25) is 4.79 Å². The molecule has 2 aromatic carbocycles. The van der Waals surface area contributed by atoms with Gasteiger partial charge in [-0.2, -0.15) is 0 Å². The van der Waals surface area contributed by atoms with Gasteiger partial charge >= 0.3 is 0 Å². The topological polar surface area (TPSA) is 59.8 Å². The Morgan fingerprint density at radius 3 is 2.79 bits per heavy atom. The molecule has 5 nitrogen and oxygen atoms in total. The fourth-order valence-electron chi connectivity index (χ4n) is 1.92. The summed E-state index contributed by atoms with van der Waals surface area (Å²) >= 11 is 10.6. The van der Waals surface area contributed by atoms with Crippen molar-refractivity contribution in [1.82, 2.24) is 14.8 Å². The number of aromatic nitrogens is 3. The molecule has 0 saturated heterocycles. The zero-order valence-electron chi connectivity index (χ0n) is 12.3. The molecule has 8 heteroatoms. The third-order valence-corrected chi connectivity index (χ3v) is 5.11. The molecule has 0 radical (unpaired) electrons. The van der Waals surface area contributed by atoms with Gasteiger partial charge in [0.15, 0.2) is 0 Å². The minimum atomic E-state index is -0.144. The van der Waals surface area contributed by atoms with E-state index in [1.54, 1.807) is 29.2 Å². The van der Waals surface area contributed by atoms with Crippen LogP contribution in [0.15, 0.2) is 64.5 Å². The van der Waals surface area contributed by atoms with Gasteiger partial charge in [0.25, 0.3) is 0 Å². The maximum absolute atomic E-state index is 12.0. The van der Waals surface area contributed by atoms with Gasteiger partial charge in [0.1, 0.15) is 6.33 Å². The summed E-state index contributed by atoms with van der Waals surface area (Å²) in [7, 11) is 0. The van der Waals surface area contributed by atoms with Crippen molar-refractivity contribution < 1.29 is 4.79 Å². The van der Waals surface area contributed by atoms with Gasteiger partial charge in [-0.05, 0) is 46.3 Å². The number of amides is 1. The Hall–Kier alpha value is -1.83. The number of thioether (sulfide) groups is 1. The van der Waals surface area contributed by atoms with E-state index in [1.165, 1.54) is 11.8 Å². The monoisotopic (exact) mass is 422 g/mol. The maximum Gasteiger partial charge on any atom is 0.234 e. The molecule has 0 atom stereocenters. The molecule has 1 N–H and O–H groups in total. The first-order valence-corrected chi connectivity index (χ1v) is 9.12. The van der Waals surface area contributed by atoms with Gasteiger partial charge in [-0.1, -0.05) is 41.6 Å². The molecular formula is C16H12BrClN4OS. The Balaban J connectivity index is 1.56. The first-order chi connectivity index (χ1) is 11.6. The number of nitrogens with one attached hydrogen (secondary N) is 1. The average Bonchev–Trinajstić information content (AvgIpc) is 3.06. The van der Waals surface area contributed by atoms with Crippen LogP contribution in [-0.4, -0.2) is 26.4 Å². The molecule has 1 amide bonds. The van der Waals surface area contributed by atoms with E-state index in [1.807, 2.05) is 30.3 Å². The quantitative estimate of drug-likeness (QED) is 0.617. The largest absolute Gasteiger partial charge is 0.325 e. The summed E-state index contributed by atoms with van der Waals surface area (Å²) in [6.45, 7) is 0. The van der Waals surface area contributed by atoms with Crippen LogP contribution in [0.5, 0.6) is 0 Å². The molecule has 0 unspecified atom stereocenters. The van der Waals surface area contributed by atoms with Crippen molar-refractivity contribution >= 4 is 50.9 Å². The summed E-state index contributed by atoms with van der Waals surface area (Å²) in [6, 6.07) is 14.9. The Bertz CT molecular complexity index is 856. The average molecular weight is 424 g/mol. The van der Waals surface area contributed by atoms with Crippen molar-refractivity contribution in [3.05, 3.63) is 64.4 Å². The predicted octanol–water partition coefficient (Wildman–Crippen LogP) is 4.41. The van der Waals surface area contributed by atoms with Crippen LogP contribution in [0.4, 0.5) is 5.69 Å². The minimum absolute atomic E-state index is 0.144. The van der Waals surface area contributed by atoms with E-state index >= 15 is 0 Å². The summed E-state index contributed by atoms with van der Waals surface area (Å²) in [5.41, 5.74) is 1.57. The molecule has 1 aromatic heterocycles. The van der Waals surface area contributed by atoms with Gasteiger partial charge in [0.05, 0.1) is 16.5 Å². The van der Waals surface area contributed by atoms with Crippen LogP contribution in [0.25, 0.3) is 5.69 Å². The molecule has 1 heterocycles. The third kappa shape index (κ3) is 4.37. The number of hydrogen-bond donors (Lipinski definition) is 1. The highest BCUT2D eigenvalue weighted by Gasteiger charge is 2.08. The molecule has 24 heavy (non-hydrogen) atoms. The molecule has 0 aliphatic heterocycles. The van der Waals surface area contributed by atoms with E-state index in [4.69, 9.17) is 11.6 Å². The van der Waals surface area contributed by atoms with E-state index < -0.39 is 0 Å². The van der Waals surface area contributed by atoms with Crippen LogP contribution >= 0.6 is 39.3 Å². The summed E-state index contributed by atoms with van der Waals surface area (Å²) in [5.74, 6) is 0.0707. The second-order valence-electron chi connectivity index (χ2n) is 4.77. The van der Waals surface area contributed by atoms with Crippen molar-refractivity contribution in [1.29, 1.82) is 0 Å². The number of halogens is 2. The lowest BCUT2D eigenvalue weighted by molar-refractivity contribution is -0.113. The number of anilines is 1. The fourth-order valence-corrected chi connectivity index (χ4v) is 2.95. The van der Waals surface area contributed by atoms with Gasteiger partial charge in [-0.25, -0.2) is 9.67 Å². The SMILES string of the molecule is O=C(CSc1ncn(-c2ccccc2)n1)Nc1ccc(Br)c(Cl)c1. The molecular weight excluding hydrogens is 412 g/mol. The van der Waals surface area contributed by atoms with Crippen molar-refractivity contribution in [2.24, 2.45) is 0 Å². The molecule has 3 aromatic rings. The fraction of sp³-hybridized carbons (Fsp3) is 0.0625. The Labute approximate surface area is 156 Å². The smallest absolute Gasteiger partial charge is 0.234 e. The molecule has 0 aliphatic rings. The van der Waals surface area contributed by atoms with Gasteiger partial charge in [0, 0.05) is 10.2 Å². The second-order valence-corrected chi connectivity index (χ2v) is 6.98. The van der Waals surface area contributed by atoms with E-state index in [9.17, 15) is 4.79 Å². The van der Waals surface area contributed by atoms with Crippen molar-refractivity contribution in [3.8, 4) is 5.69 Å². The lowest BCUT2D eigenvalue weighted by Gasteiger charge is -2.05. The van der Waals surface area contributed by atoms with E-state index in [0.29, 0.717) is 15.9 Å². The van der Waals surface area contributed by atoms with Crippen LogP contribution in [-0.2, 0) is 4.79 Å². The summed E-state index contributed by atoms with van der Waals surface area (Å²) in [6.07, 6.45) is 1.63. The van der Waals surface area contributed by atoms with Gasteiger partial charge in [-0.15, -0.1) is 5.10 Å². The van der Waals surface area contributed by atoms with E-state index in [0.717, 1.165) is 10.2 Å². The number of nitrogens with zero attached hydrogens (tertiary/aromatic N) is 3. The van der Waals surface area contributed by atoms with Crippen molar-refractivity contribution in [3.63, 3.8) is 0 Å². The number of benzene rings is 2. The lowest BCUT2D eigenvalue weighted by Crippen LogP contribution is -2.14. The molecule has 0 fully saturated rings. The standard InChI is InChI=1S/C16H12BrClN4OS/c17-13-7-6-11(8-14(13)18)20-15(23)9-24-16-19-10-22(21-16)12-4-2-1-3-5-12/h1-8,10H,9H2,(H,20,23). The van der Waals surface area contributed by atoms with Gasteiger partial charge < -0.3 is 5.32 Å². The van der Waals surface area contributed by atoms with E-state index in [-0.39, 0.29) is 11.7 Å². The number of rotatable bonds is 5. The molecule has 122 valence electrons. The highest BCUT2D eigenvalue weighted by atomic mass is 79.9. The zero-order chi connectivity index (χ0) is 16.9. The molecule has 3 rings (SSSR count). The maximum atomic E-state index is 12.0. The summed E-state index contributed by atoms with van der Waals surface area (Å²) in [4.78, 5) is 16.2. The first kappa shape index (κ1) is 17.0. The second kappa shape index (κ2) is 7.83. The van der Waals surface area contributed by atoms with Crippen LogP contribution in [0.3, 0.4) is 0 Å². The highest BCUT2D eigenvalue weighted by molar-refractivity contribution is 9.10. The molecule has 0 bridgehead atoms. The third-order valence-electron chi connectivity index (χ3n) is 3.03. The molecule has 0 aliphatic carbocycles. The Morgan fingerprint density at radius 2 is 2.04 bits per heavy atom. The molecule has 0 saturated carbocycles. The highest BCUT2D eigenvalue weighted by Crippen LogP contribution is 2.25. The number of hydrogen-bond acceptors (Lipinski definition) is 4. The number of para-hydroxylation sites is 1. The minimum Gasteiger partial charge on any atom is -0.325 e. The van der Waals surface area contributed by atoms with E-state index in [2.05, 4.69) is 31.3 Å². The predicted molar refractivity (Wildman–Crippen MR) is 99.9 cm³/mol. The first-order valence-electron chi connectivity index (χ1n) is 6.96. The Morgan fingerprint density at radius 1 is 1.25 bits per heavy atom.